The Morgan fingerprint density at radius 1 is 1.23 bits per heavy atom. The molecular weight excluding hydrogens is 346 g/mol. The molecule has 0 bridgehead atoms. The summed E-state index contributed by atoms with van der Waals surface area (Å²) in [5.74, 6) is 0.233. The largest absolute Gasteiger partial charge is 0.312 e. The van der Waals surface area contributed by atoms with Gasteiger partial charge in [0.1, 0.15) is 0 Å². The summed E-state index contributed by atoms with van der Waals surface area (Å²) in [5.41, 5.74) is 4.26. The van der Waals surface area contributed by atoms with Crippen molar-refractivity contribution in [3.63, 3.8) is 0 Å². The quantitative estimate of drug-likeness (QED) is 0.757. The van der Waals surface area contributed by atoms with Gasteiger partial charge in [-0.1, -0.05) is 42.8 Å². The standard InChI is InChI=1S/C21H20ClN3O/c1-14-11-24(13-23)12-18(14)21(26)25-9-8-16-10-15(6-7-20(16)25)17-4-2-3-5-19(17)22/h2-7,10,14,18H,8-9,11-12H2,1H3/t14-,18-/m1/s1. The Balaban J connectivity index is 1.60. The number of carbonyl (C=O) groups is 1. The summed E-state index contributed by atoms with van der Waals surface area (Å²) in [4.78, 5) is 16.6. The topological polar surface area (TPSA) is 47.3 Å². The molecule has 0 unspecified atom stereocenters. The fraction of sp³-hybridized carbons (Fsp3) is 0.333. The minimum atomic E-state index is -0.108. The van der Waals surface area contributed by atoms with Crippen molar-refractivity contribution in [2.45, 2.75) is 13.3 Å². The van der Waals surface area contributed by atoms with E-state index in [2.05, 4.69) is 19.2 Å². The van der Waals surface area contributed by atoms with Crippen molar-refractivity contribution in [1.82, 2.24) is 4.90 Å². The van der Waals surface area contributed by atoms with Crippen molar-refractivity contribution in [2.75, 3.05) is 24.5 Å². The molecule has 5 heteroatoms. The second-order valence-electron chi connectivity index (χ2n) is 7.15. The van der Waals surface area contributed by atoms with E-state index in [1.807, 2.05) is 41.3 Å². The number of halogens is 1. The second kappa shape index (κ2) is 6.66. The summed E-state index contributed by atoms with van der Waals surface area (Å²) < 4.78 is 0. The van der Waals surface area contributed by atoms with Gasteiger partial charge in [0.15, 0.2) is 6.19 Å². The van der Waals surface area contributed by atoms with Crippen molar-refractivity contribution < 1.29 is 4.79 Å². The number of hydrogen-bond donors (Lipinski definition) is 0. The first-order chi connectivity index (χ1) is 12.6. The Hall–Kier alpha value is -2.51. The third kappa shape index (κ3) is 2.83. The molecule has 2 heterocycles. The number of likely N-dealkylation sites (tertiary alicyclic amines) is 1. The lowest BCUT2D eigenvalue weighted by Gasteiger charge is -2.23. The van der Waals surface area contributed by atoms with Gasteiger partial charge in [0.05, 0.1) is 5.92 Å². The van der Waals surface area contributed by atoms with E-state index < -0.39 is 0 Å². The van der Waals surface area contributed by atoms with Crippen molar-refractivity contribution in [3.8, 4) is 17.3 Å². The van der Waals surface area contributed by atoms with Crippen LogP contribution < -0.4 is 4.90 Å². The number of fused-ring (bicyclic) bond motifs is 1. The van der Waals surface area contributed by atoms with Crippen LogP contribution >= 0.6 is 11.6 Å². The maximum atomic E-state index is 13.1. The smallest absolute Gasteiger partial charge is 0.232 e. The lowest BCUT2D eigenvalue weighted by atomic mass is 9.96. The molecule has 0 spiro atoms. The molecule has 0 aliphatic carbocycles. The highest BCUT2D eigenvalue weighted by molar-refractivity contribution is 6.33. The number of amides is 1. The lowest BCUT2D eigenvalue weighted by Crippen LogP contribution is -2.37. The Labute approximate surface area is 158 Å². The molecule has 1 saturated heterocycles. The first kappa shape index (κ1) is 16.9. The van der Waals surface area contributed by atoms with Crippen molar-refractivity contribution in [2.24, 2.45) is 11.8 Å². The van der Waals surface area contributed by atoms with Gasteiger partial charge >= 0.3 is 0 Å². The highest BCUT2D eigenvalue weighted by Crippen LogP contribution is 2.36. The first-order valence-electron chi connectivity index (χ1n) is 8.92. The molecule has 1 fully saturated rings. The molecule has 2 atom stereocenters. The summed E-state index contributed by atoms with van der Waals surface area (Å²) in [6.45, 7) is 3.95. The van der Waals surface area contributed by atoms with Crippen LogP contribution in [0.1, 0.15) is 12.5 Å². The summed E-state index contributed by atoms with van der Waals surface area (Å²) >= 11 is 6.32. The minimum Gasteiger partial charge on any atom is -0.312 e. The number of rotatable bonds is 2. The summed E-state index contributed by atoms with van der Waals surface area (Å²) in [6.07, 6.45) is 3.02. The highest BCUT2D eigenvalue weighted by atomic mass is 35.5. The average Bonchev–Trinajstić information content (AvgIpc) is 3.24. The van der Waals surface area contributed by atoms with Crippen LogP contribution in [0, 0.1) is 23.3 Å². The Bertz CT molecular complexity index is 904. The molecule has 0 saturated carbocycles. The van der Waals surface area contributed by atoms with Gasteiger partial charge in [0.2, 0.25) is 5.91 Å². The fourth-order valence-electron chi connectivity index (χ4n) is 4.06. The number of anilines is 1. The van der Waals surface area contributed by atoms with E-state index in [1.54, 1.807) is 4.90 Å². The van der Waals surface area contributed by atoms with Crippen LogP contribution in [0.3, 0.4) is 0 Å². The zero-order valence-electron chi connectivity index (χ0n) is 14.7. The minimum absolute atomic E-state index is 0.108. The molecule has 0 radical (unpaired) electrons. The van der Waals surface area contributed by atoms with Gasteiger partial charge in [-0.3, -0.25) is 4.79 Å². The van der Waals surface area contributed by atoms with Crippen LogP contribution in [0.25, 0.3) is 11.1 Å². The van der Waals surface area contributed by atoms with Crippen LogP contribution in [0.5, 0.6) is 0 Å². The molecule has 26 heavy (non-hydrogen) atoms. The predicted octanol–water partition coefficient (Wildman–Crippen LogP) is 3.95. The van der Waals surface area contributed by atoms with Gasteiger partial charge < -0.3 is 9.80 Å². The predicted molar refractivity (Wildman–Crippen MR) is 103 cm³/mol. The number of carbonyl (C=O) groups excluding carboxylic acids is 1. The van der Waals surface area contributed by atoms with Gasteiger partial charge in [-0.15, -0.1) is 0 Å². The maximum absolute atomic E-state index is 13.1. The molecule has 2 aliphatic heterocycles. The van der Waals surface area contributed by atoms with Crippen LogP contribution in [0.2, 0.25) is 5.02 Å². The second-order valence-corrected chi connectivity index (χ2v) is 7.56. The number of nitrogens with zero attached hydrogens (tertiary/aromatic N) is 3. The third-order valence-corrected chi connectivity index (χ3v) is 5.83. The summed E-state index contributed by atoms with van der Waals surface area (Å²) in [7, 11) is 0. The fourth-order valence-corrected chi connectivity index (χ4v) is 4.31. The first-order valence-corrected chi connectivity index (χ1v) is 9.30. The molecule has 0 N–H and O–H groups in total. The molecule has 4 rings (SSSR count). The van der Waals surface area contributed by atoms with Gasteiger partial charge in [0, 0.05) is 35.9 Å². The number of hydrogen-bond acceptors (Lipinski definition) is 3. The van der Waals surface area contributed by atoms with Crippen molar-refractivity contribution >= 4 is 23.2 Å². The van der Waals surface area contributed by atoms with Crippen LogP contribution in [0.15, 0.2) is 42.5 Å². The summed E-state index contributed by atoms with van der Waals surface area (Å²) in [6, 6.07) is 14.0. The monoisotopic (exact) mass is 365 g/mol. The highest BCUT2D eigenvalue weighted by Gasteiger charge is 2.38. The molecule has 132 valence electrons. The van der Waals surface area contributed by atoms with Crippen LogP contribution in [0.4, 0.5) is 5.69 Å². The lowest BCUT2D eigenvalue weighted by molar-refractivity contribution is -0.122. The number of benzene rings is 2. The number of nitriles is 1. The zero-order chi connectivity index (χ0) is 18.3. The zero-order valence-corrected chi connectivity index (χ0v) is 15.4. The third-order valence-electron chi connectivity index (χ3n) is 5.50. The van der Waals surface area contributed by atoms with Crippen LogP contribution in [-0.2, 0) is 11.2 Å². The molecule has 2 aromatic rings. The van der Waals surface area contributed by atoms with Crippen molar-refractivity contribution in [3.05, 3.63) is 53.1 Å². The van der Waals surface area contributed by atoms with E-state index in [-0.39, 0.29) is 17.7 Å². The van der Waals surface area contributed by atoms with Gasteiger partial charge in [-0.05, 0) is 41.7 Å². The Morgan fingerprint density at radius 2 is 2.04 bits per heavy atom. The molecule has 2 aliphatic rings. The van der Waals surface area contributed by atoms with E-state index in [0.29, 0.717) is 19.6 Å². The van der Waals surface area contributed by atoms with Crippen LogP contribution in [-0.4, -0.2) is 30.4 Å². The molecule has 2 aromatic carbocycles. The van der Waals surface area contributed by atoms with E-state index in [1.165, 1.54) is 5.56 Å². The van der Waals surface area contributed by atoms with Gasteiger partial charge in [-0.25, -0.2) is 0 Å². The van der Waals surface area contributed by atoms with E-state index in [4.69, 9.17) is 16.9 Å². The average molecular weight is 366 g/mol. The molecule has 1 amide bonds. The van der Waals surface area contributed by atoms with Crippen molar-refractivity contribution in [1.29, 1.82) is 5.26 Å². The Morgan fingerprint density at radius 3 is 2.77 bits per heavy atom. The SMILES string of the molecule is C[C@@H]1CN(C#N)C[C@H]1C(=O)N1CCc2cc(-c3ccccc3Cl)ccc21. The van der Waals surface area contributed by atoms with Gasteiger partial charge in [0.25, 0.3) is 0 Å². The molecular formula is C21H20ClN3O. The van der Waals surface area contributed by atoms with E-state index in [0.717, 1.165) is 28.3 Å². The van der Waals surface area contributed by atoms with E-state index in [9.17, 15) is 4.79 Å². The Kier molecular flexibility index (Phi) is 4.34. The van der Waals surface area contributed by atoms with E-state index >= 15 is 0 Å². The van der Waals surface area contributed by atoms with Gasteiger partial charge in [-0.2, -0.15) is 5.26 Å². The maximum Gasteiger partial charge on any atom is 0.232 e. The normalized spacial score (nSPS) is 21.6. The molecule has 4 nitrogen and oxygen atoms in total. The summed E-state index contributed by atoms with van der Waals surface area (Å²) in [5, 5.41) is 9.84. The molecule has 0 aromatic heterocycles.